The molecule has 120 valence electrons. The molecular formula is C17H18ClN3O2. The summed E-state index contributed by atoms with van der Waals surface area (Å²) in [4.78, 5) is 19.5. The Morgan fingerprint density at radius 3 is 2.57 bits per heavy atom. The number of aromatic nitrogens is 1. The highest BCUT2D eigenvalue weighted by Crippen LogP contribution is 2.27. The van der Waals surface area contributed by atoms with Crippen LogP contribution >= 0.6 is 11.6 Å². The molecule has 6 heteroatoms. The van der Waals surface area contributed by atoms with Crippen LogP contribution in [-0.4, -0.2) is 35.3 Å². The van der Waals surface area contributed by atoms with E-state index in [0.717, 1.165) is 25.1 Å². The van der Waals surface area contributed by atoms with E-state index >= 15 is 0 Å². The first-order valence-electron chi connectivity index (χ1n) is 7.58. The number of hydrogen-bond acceptors (Lipinski definition) is 3. The van der Waals surface area contributed by atoms with Gasteiger partial charge in [0, 0.05) is 41.9 Å². The fraction of sp³-hybridized carbons (Fsp3) is 0.294. The van der Waals surface area contributed by atoms with Crippen LogP contribution in [0.2, 0.25) is 5.02 Å². The van der Waals surface area contributed by atoms with E-state index in [1.807, 2.05) is 12.1 Å². The van der Waals surface area contributed by atoms with Gasteiger partial charge in [0.2, 0.25) is 0 Å². The average Bonchev–Trinajstić information content (AvgIpc) is 2.58. The molecule has 0 unspecified atom stereocenters. The van der Waals surface area contributed by atoms with Crippen molar-refractivity contribution in [1.29, 1.82) is 0 Å². The van der Waals surface area contributed by atoms with Gasteiger partial charge in [-0.15, -0.1) is 0 Å². The van der Waals surface area contributed by atoms with Crippen LogP contribution < -0.4 is 9.80 Å². The molecule has 0 saturated carbocycles. The first kappa shape index (κ1) is 15.6. The predicted octanol–water partition coefficient (Wildman–Crippen LogP) is 3.89. The number of amides is 1. The number of halogens is 1. The van der Waals surface area contributed by atoms with Gasteiger partial charge in [0.1, 0.15) is 0 Å². The fourth-order valence-electron chi connectivity index (χ4n) is 3.03. The van der Waals surface area contributed by atoms with Gasteiger partial charge in [0.05, 0.1) is 6.04 Å². The van der Waals surface area contributed by atoms with Crippen LogP contribution in [0.3, 0.4) is 0 Å². The van der Waals surface area contributed by atoms with Crippen LogP contribution in [0.5, 0.6) is 0 Å². The van der Waals surface area contributed by atoms with E-state index in [9.17, 15) is 9.90 Å². The van der Waals surface area contributed by atoms with Crippen molar-refractivity contribution in [2.24, 2.45) is 0 Å². The van der Waals surface area contributed by atoms with Crippen molar-refractivity contribution in [3.05, 3.63) is 53.8 Å². The molecule has 1 aromatic heterocycles. The molecule has 1 saturated heterocycles. The standard InChI is InChI=1S/C17H18ClN3O2/c18-13-3-5-15(6-4-13)21(17(22)23)16-2-1-11-20(12-16)14-7-9-19-10-8-14/h3-10,16H,1-2,11-12H2,(H,22,23)/t16-/m1/s1. The quantitative estimate of drug-likeness (QED) is 0.927. The monoisotopic (exact) mass is 331 g/mol. The third-order valence-corrected chi connectivity index (χ3v) is 4.35. The Labute approximate surface area is 140 Å². The Morgan fingerprint density at radius 1 is 1.22 bits per heavy atom. The van der Waals surface area contributed by atoms with E-state index < -0.39 is 6.09 Å². The Bertz CT molecular complexity index is 663. The molecule has 2 heterocycles. The third-order valence-electron chi connectivity index (χ3n) is 4.10. The van der Waals surface area contributed by atoms with E-state index in [-0.39, 0.29) is 6.04 Å². The molecule has 0 aliphatic carbocycles. The number of carbonyl (C=O) groups is 1. The Morgan fingerprint density at radius 2 is 1.91 bits per heavy atom. The normalized spacial score (nSPS) is 17.8. The zero-order chi connectivity index (χ0) is 16.2. The Hall–Kier alpha value is -2.27. The molecule has 23 heavy (non-hydrogen) atoms. The lowest BCUT2D eigenvalue weighted by Crippen LogP contribution is -2.50. The second-order valence-electron chi connectivity index (χ2n) is 5.58. The molecule has 1 N–H and O–H groups in total. The molecule has 1 aliphatic heterocycles. The van der Waals surface area contributed by atoms with E-state index in [4.69, 9.17) is 11.6 Å². The molecule has 1 fully saturated rings. The zero-order valence-corrected chi connectivity index (χ0v) is 13.4. The number of benzene rings is 1. The second-order valence-corrected chi connectivity index (χ2v) is 6.01. The van der Waals surface area contributed by atoms with Crippen LogP contribution in [0.25, 0.3) is 0 Å². The average molecular weight is 332 g/mol. The van der Waals surface area contributed by atoms with Gasteiger partial charge in [-0.1, -0.05) is 11.6 Å². The Balaban J connectivity index is 1.82. The maximum atomic E-state index is 11.8. The summed E-state index contributed by atoms with van der Waals surface area (Å²) in [6.07, 6.45) is 4.37. The lowest BCUT2D eigenvalue weighted by Gasteiger charge is -2.39. The Kier molecular flexibility index (Phi) is 4.67. The summed E-state index contributed by atoms with van der Waals surface area (Å²) in [6.45, 7) is 1.59. The number of piperidine rings is 1. The molecule has 2 aromatic rings. The summed E-state index contributed by atoms with van der Waals surface area (Å²) in [5.74, 6) is 0. The zero-order valence-electron chi connectivity index (χ0n) is 12.6. The molecule has 1 aromatic carbocycles. The van der Waals surface area contributed by atoms with Crippen molar-refractivity contribution >= 4 is 29.1 Å². The summed E-state index contributed by atoms with van der Waals surface area (Å²) in [6, 6.07) is 10.8. The van der Waals surface area contributed by atoms with Crippen LogP contribution in [0, 0.1) is 0 Å². The van der Waals surface area contributed by atoms with Gasteiger partial charge in [0.15, 0.2) is 0 Å². The molecule has 0 radical (unpaired) electrons. The molecule has 0 spiro atoms. The summed E-state index contributed by atoms with van der Waals surface area (Å²) in [5.41, 5.74) is 1.73. The minimum absolute atomic E-state index is 0.0874. The number of anilines is 2. The number of pyridine rings is 1. The molecule has 3 rings (SSSR count). The van der Waals surface area contributed by atoms with Crippen LogP contribution in [0.4, 0.5) is 16.2 Å². The summed E-state index contributed by atoms with van der Waals surface area (Å²) < 4.78 is 0. The minimum Gasteiger partial charge on any atom is -0.465 e. The van der Waals surface area contributed by atoms with Crippen molar-refractivity contribution < 1.29 is 9.90 Å². The summed E-state index contributed by atoms with van der Waals surface area (Å²) in [5, 5.41) is 10.3. The maximum absolute atomic E-state index is 11.8. The largest absolute Gasteiger partial charge is 0.465 e. The van der Waals surface area contributed by atoms with Crippen molar-refractivity contribution in [1.82, 2.24) is 4.98 Å². The van der Waals surface area contributed by atoms with Crippen LogP contribution in [0.15, 0.2) is 48.8 Å². The topological polar surface area (TPSA) is 56.7 Å². The second kappa shape index (κ2) is 6.87. The lowest BCUT2D eigenvalue weighted by molar-refractivity contribution is 0.198. The SMILES string of the molecule is O=C(O)N(c1ccc(Cl)cc1)[C@@H]1CCCN(c2ccncc2)C1. The summed E-state index contributed by atoms with van der Waals surface area (Å²) in [7, 11) is 0. The number of hydrogen-bond donors (Lipinski definition) is 1. The van der Waals surface area contributed by atoms with E-state index in [1.165, 1.54) is 4.90 Å². The highest BCUT2D eigenvalue weighted by molar-refractivity contribution is 6.30. The van der Waals surface area contributed by atoms with Gasteiger partial charge >= 0.3 is 6.09 Å². The van der Waals surface area contributed by atoms with Gasteiger partial charge in [-0.2, -0.15) is 0 Å². The summed E-state index contributed by atoms with van der Waals surface area (Å²) >= 11 is 5.90. The lowest BCUT2D eigenvalue weighted by atomic mass is 10.0. The van der Waals surface area contributed by atoms with Crippen molar-refractivity contribution in [3.63, 3.8) is 0 Å². The van der Waals surface area contributed by atoms with Gasteiger partial charge < -0.3 is 10.0 Å². The fourth-order valence-corrected chi connectivity index (χ4v) is 3.16. The molecule has 0 bridgehead atoms. The van der Waals surface area contributed by atoms with E-state index in [2.05, 4.69) is 9.88 Å². The number of rotatable bonds is 3. The first-order valence-corrected chi connectivity index (χ1v) is 7.95. The van der Waals surface area contributed by atoms with Gasteiger partial charge in [0.25, 0.3) is 0 Å². The van der Waals surface area contributed by atoms with Crippen LogP contribution in [0.1, 0.15) is 12.8 Å². The number of carboxylic acid groups (broad SMARTS) is 1. The maximum Gasteiger partial charge on any atom is 0.412 e. The highest BCUT2D eigenvalue weighted by Gasteiger charge is 2.29. The molecular weight excluding hydrogens is 314 g/mol. The van der Waals surface area contributed by atoms with Gasteiger partial charge in [-0.25, -0.2) is 4.79 Å². The van der Waals surface area contributed by atoms with E-state index in [1.54, 1.807) is 36.7 Å². The molecule has 5 nitrogen and oxygen atoms in total. The predicted molar refractivity (Wildman–Crippen MR) is 91.4 cm³/mol. The molecule has 1 atom stereocenters. The van der Waals surface area contributed by atoms with Crippen molar-refractivity contribution in [2.75, 3.05) is 22.9 Å². The molecule has 1 aliphatic rings. The van der Waals surface area contributed by atoms with Gasteiger partial charge in [-0.3, -0.25) is 9.88 Å². The van der Waals surface area contributed by atoms with Crippen molar-refractivity contribution in [2.45, 2.75) is 18.9 Å². The highest BCUT2D eigenvalue weighted by atomic mass is 35.5. The first-order chi connectivity index (χ1) is 11.1. The van der Waals surface area contributed by atoms with E-state index in [0.29, 0.717) is 17.3 Å². The molecule has 1 amide bonds. The van der Waals surface area contributed by atoms with Crippen molar-refractivity contribution in [3.8, 4) is 0 Å². The number of nitrogens with zero attached hydrogens (tertiary/aromatic N) is 3. The minimum atomic E-state index is -0.936. The third kappa shape index (κ3) is 3.56. The smallest absolute Gasteiger partial charge is 0.412 e. The van der Waals surface area contributed by atoms with Gasteiger partial charge in [-0.05, 0) is 49.2 Å². The van der Waals surface area contributed by atoms with Crippen LogP contribution in [-0.2, 0) is 0 Å².